The molecule has 0 bridgehead atoms. The van der Waals surface area contributed by atoms with E-state index < -0.39 is 0 Å². The van der Waals surface area contributed by atoms with E-state index in [-0.39, 0.29) is 0 Å². The first-order chi connectivity index (χ1) is 8.59. The van der Waals surface area contributed by atoms with Crippen molar-refractivity contribution in [3.05, 3.63) is 33.8 Å². The highest BCUT2D eigenvalue weighted by molar-refractivity contribution is 6.42. The summed E-state index contributed by atoms with van der Waals surface area (Å²) in [5.41, 5.74) is 1.23. The van der Waals surface area contributed by atoms with Crippen molar-refractivity contribution in [2.75, 3.05) is 6.54 Å². The van der Waals surface area contributed by atoms with Gasteiger partial charge in [0.15, 0.2) is 0 Å². The maximum absolute atomic E-state index is 6.35. The summed E-state index contributed by atoms with van der Waals surface area (Å²) in [5, 5.41) is 4.97. The van der Waals surface area contributed by atoms with Crippen molar-refractivity contribution in [2.24, 2.45) is 5.92 Å². The van der Waals surface area contributed by atoms with Gasteiger partial charge in [-0.3, -0.25) is 0 Å². The van der Waals surface area contributed by atoms with Crippen LogP contribution >= 0.6 is 23.2 Å². The molecule has 0 spiro atoms. The van der Waals surface area contributed by atoms with Gasteiger partial charge in [0.1, 0.15) is 0 Å². The van der Waals surface area contributed by atoms with Crippen LogP contribution in [0.2, 0.25) is 10.0 Å². The van der Waals surface area contributed by atoms with Gasteiger partial charge in [0.25, 0.3) is 0 Å². The van der Waals surface area contributed by atoms with Crippen molar-refractivity contribution in [3.8, 4) is 0 Å². The maximum Gasteiger partial charge on any atom is 0.0627 e. The molecule has 0 heterocycles. The lowest BCUT2D eigenvalue weighted by atomic mass is 9.88. The van der Waals surface area contributed by atoms with Crippen molar-refractivity contribution >= 4 is 23.2 Å². The van der Waals surface area contributed by atoms with Gasteiger partial charge < -0.3 is 5.32 Å². The third-order valence-corrected chi connectivity index (χ3v) is 4.66. The van der Waals surface area contributed by atoms with Crippen LogP contribution in [-0.2, 0) is 0 Å². The lowest BCUT2D eigenvalue weighted by Crippen LogP contribution is -2.30. The van der Waals surface area contributed by atoms with Gasteiger partial charge in [0.2, 0.25) is 0 Å². The Kier molecular flexibility index (Phi) is 4.94. The summed E-state index contributed by atoms with van der Waals surface area (Å²) in [5.74, 6) is 1.24. The van der Waals surface area contributed by atoms with Crippen molar-refractivity contribution in [1.82, 2.24) is 5.32 Å². The van der Waals surface area contributed by atoms with E-state index in [1.165, 1.54) is 24.8 Å². The van der Waals surface area contributed by atoms with Crippen molar-refractivity contribution in [1.29, 1.82) is 0 Å². The molecule has 1 aromatic carbocycles. The normalized spacial score (nSPS) is 23.8. The monoisotopic (exact) mass is 285 g/mol. The number of halogens is 2. The molecule has 1 aromatic rings. The minimum Gasteiger partial charge on any atom is -0.314 e. The predicted octanol–water partition coefficient (Wildman–Crippen LogP) is 4.88. The highest BCUT2D eigenvalue weighted by Crippen LogP contribution is 2.43. The van der Waals surface area contributed by atoms with Crippen LogP contribution in [0.3, 0.4) is 0 Å². The van der Waals surface area contributed by atoms with Gasteiger partial charge >= 0.3 is 0 Å². The lowest BCUT2D eigenvalue weighted by Gasteiger charge is -2.23. The molecule has 2 unspecified atom stereocenters. The SMILES string of the molecule is CC(C)NCC1CCCC1c1cccc(Cl)c1Cl. The fourth-order valence-corrected chi connectivity index (χ4v) is 3.33. The summed E-state index contributed by atoms with van der Waals surface area (Å²) in [6.45, 7) is 5.46. The van der Waals surface area contributed by atoms with E-state index >= 15 is 0 Å². The van der Waals surface area contributed by atoms with Gasteiger partial charge in [-0.25, -0.2) is 0 Å². The second-order valence-corrected chi connectivity index (χ2v) is 6.29. The molecule has 3 heteroatoms. The summed E-state index contributed by atoms with van der Waals surface area (Å²) in [6.07, 6.45) is 3.80. The van der Waals surface area contributed by atoms with Gasteiger partial charge in [-0.2, -0.15) is 0 Å². The molecule has 1 N–H and O–H groups in total. The van der Waals surface area contributed by atoms with Crippen LogP contribution in [0, 0.1) is 5.92 Å². The molecule has 0 amide bonds. The first-order valence-electron chi connectivity index (χ1n) is 6.77. The maximum atomic E-state index is 6.35. The molecule has 1 saturated carbocycles. The van der Waals surface area contributed by atoms with Gasteiger partial charge in [0.05, 0.1) is 10.0 Å². The first-order valence-corrected chi connectivity index (χ1v) is 7.52. The van der Waals surface area contributed by atoms with Crippen LogP contribution in [0.1, 0.15) is 44.6 Å². The van der Waals surface area contributed by atoms with Crippen molar-refractivity contribution in [2.45, 2.75) is 45.1 Å². The Morgan fingerprint density at radius 2 is 2.06 bits per heavy atom. The summed E-state index contributed by atoms with van der Waals surface area (Å²) in [6, 6.07) is 6.55. The smallest absolute Gasteiger partial charge is 0.0627 e. The molecule has 2 rings (SSSR count). The molecule has 1 aliphatic rings. The Labute approximate surface area is 120 Å². The van der Waals surface area contributed by atoms with E-state index in [4.69, 9.17) is 23.2 Å². The van der Waals surface area contributed by atoms with Crippen LogP contribution < -0.4 is 5.32 Å². The number of rotatable bonds is 4. The molecular weight excluding hydrogens is 265 g/mol. The third kappa shape index (κ3) is 3.20. The van der Waals surface area contributed by atoms with Gasteiger partial charge in [-0.15, -0.1) is 0 Å². The second-order valence-electron chi connectivity index (χ2n) is 5.50. The summed E-state index contributed by atoms with van der Waals surface area (Å²) < 4.78 is 0. The zero-order valence-corrected chi connectivity index (χ0v) is 12.6. The standard InChI is InChI=1S/C15H21Cl2N/c1-10(2)18-9-11-5-3-6-12(11)13-7-4-8-14(16)15(13)17/h4,7-8,10-12,18H,3,5-6,9H2,1-2H3. The molecule has 1 nitrogen and oxygen atoms in total. The van der Waals surface area contributed by atoms with Crippen LogP contribution in [0.15, 0.2) is 18.2 Å². The lowest BCUT2D eigenvalue weighted by molar-refractivity contribution is 0.423. The van der Waals surface area contributed by atoms with E-state index in [0.717, 1.165) is 11.6 Å². The van der Waals surface area contributed by atoms with Crippen LogP contribution in [0.25, 0.3) is 0 Å². The van der Waals surface area contributed by atoms with E-state index in [9.17, 15) is 0 Å². The quantitative estimate of drug-likeness (QED) is 0.832. The summed E-state index contributed by atoms with van der Waals surface area (Å²) in [7, 11) is 0. The minimum atomic E-state index is 0.543. The molecule has 1 aliphatic carbocycles. The Hall–Kier alpha value is -0.240. The number of hydrogen-bond acceptors (Lipinski definition) is 1. The molecule has 18 heavy (non-hydrogen) atoms. The molecule has 2 atom stereocenters. The number of benzene rings is 1. The van der Waals surface area contributed by atoms with E-state index in [1.54, 1.807) is 0 Å². The summed E-state index contributed by atoms with van der Waals surface area (Å²) in [4.78, 5) is 0. The zero-order chi connectivity index (χ0) is 13.1. The largest absolute Gasteiger partial charge is 0.314 e. The molecule has 100 valence electrons. The van der Waals surface area contributed by atoms with Crippen molar-refractivity contribution < 1.29 is 0 Å². The Morgan fingerprint density at radius 3 is 2.78 bits per heavy atom. The number of hydrogen-bond donors (Lipinski definition) is 1. The second kappa shape index (κ2) is 6.27. The van der Waals surface area contributed by atoms with Gasteiger partial charge in [0, 0.05) is 6.04 Å². The van der Waals surface area contributed by atoms with Gasteiger partial charge in [-0.05, 0) is 42.9 Å². The molecule has 0 saturated heterocycles. The van der Waals surface area contributed by atoms with Gasteiger partial charge in [-0.1, -0.05) is 55.6 Å². The third-order valence-electron chi connectivity index (χ3n) is 3.83. The first kappa shape index (κ1) is 14.2. The van der Waals surface area contributed by atoms with Crippen LogP contribution in [-0.4, -0.2) is 12.6 Å². The van der Waals surface area contributed by atoms with Crippen LogP contribution in [0.4, 0.5) is 0 Å². The predicted molar refractivity (Wildman–Crippen MR) is 79.7 cm³/mol. The molecule has 0 radical (unpaired) electrons. The summed E-state index contributed by atoms with van der Waals surface area (Å²) >= 11 is 12.5. The van der Waals surface area contributed by atoms with E-state index in [0.29, 0.717) is 22.9 Å². The highest BCUT2D eigenvalue weighted by atomic mass is 35.5. The Morgan fingerprint density at radius 1 is 1.28 bits per heavy atom. The molecule has 1 fully saturated rings. The molecule has 0 aromatic heterocycles. The zero-order valence-electron chi connectivity index (χ0n) is 11.0. The highest BCUT2D eigenvalue weighted by Gasteiger charge is 2.30. The Bertz CT molecular complexity index is 403. The average molecular weight is 286 g/mol. The van der Waals surface area contributed by atoms with Crippen molar-refractivity contribution in [3.63, 3.8) is 0 Å². The number of nitrogens with one attached hydrogen (secondary N) is 1. The molecule has 0 aliphatic heterocycles. The fraction of sp³-hybridized carbons (Fsp3) is 0.600. The Balaban J connectivity index is 2.13. The van der Waals surface area contributed by atoms with E-state index in [1.807, 2.05) is 12.1 Å². The molecular formula is C15H21Cl2N. The minimum absolute atomic E-state index is 0.543. The van der Waals surface area contributed by atoms with Crippen LogP contribution in [0.5, 0.6) is 0 Å². The topological polar surface area (TPSA) is 12.0 Å². The average Bonchev–Trinajstić information content (AvgIpc) is 2.78. The fourth-order valence-electron chi connectivity index (χ4n) is 2.88. The van der Waals surface area contributed by atoms with E-state index in [2.05, 4.69) is 25.2 Å².